The van der Waals surface area contributed by atoms with E-state index in [1.165, 1.54) is 5.56 Å². The van der Waals surface area contributed by atoms with Gasteiger partial charge in [-0.15, -0.1) is 0 Å². The molecule has 1 aliphatic heterocycles. The van der Waals surface area contributed by atoms with Gasteiger partial charge in [-0.25, -0.2) is 0 Å². The van der Waals surface area contributed by atoms with Crippen LogP contribution in [0, 0.1) is 11.3 Å². The molecular weight excluding hydrogens is 236 g/mol. The fourth-order valence-corrected chi connectivity index (χ4v) is 3.06. The Balaban J connectivity index is 1.98. The molecule has 0 aromatic heterocycles. The third kappa shape index (κ3) is 3.97. The van der Waals surface area contributed by atoms with Crippen LogP contribution in [0.2, 0.25) is 0 Å². The first-order chi connectivity index (χ1) is 8.85. The minimum atomic E-state index is -0.358. The number of aliphatic hydroxyl groups excluding tert-OH is 1. The summed E-state index contributed by atoms with van der Waals surface area (Å²) in [7, 11) is 0. The van der Waals surface area contributed by atoms with E-state index in [1.807, 2.05) is 12.1 Å². The number of aliphatic hydroxyl groups is 1. The van der Waals surface area contributed by atoms with Gasteiger partial charge < -0.3 is 9.84 Å². The lowest BCUT2D eigenvalue weighted by molar-refractivity contribution is 0.134. The molecule has 2 atom stereocenters. The quantitative estimate of drug-likeness (QED) is 0.884. The zero-order valence-electron chi connectivity index (χ0n) is 12.6. The predicted octanol–water partition coefficient (Wildman–Crippen LogP) is 4.12. The maximum Gasteiger partial charge on any atom is 0.122 e. The summed E-state index contributed by atoms with van der Waals surface area (Å²) in [6, 6.07) is 6.10. The van der Waals surface area contributed by atoms with Gasteiger partial charge in [0, 0.05) is 6.42 Å². The second kappa shape index (κ2) is 5.54. The molecule has 0 fully saturated rings. The molecule has 1 aromatic rings. The molecular formula is C17H26O2. The highest BCUT2D eigenvalue weighted by molar-refractivity contribution is 5.40. The van der Waals surface area contributed by atoms with Gasteiger partial charge in [0.2, 0.25) is 0 Å². The first-order valence-corrected chi connectivity index (χ1v) is 7.29. The maximum absolute atomic E-state index is 10.4. The van der Waals surface area contributed by atoms with Crippen LogP contribution in [-0.4, -0.2) is 11.7 Å². The van der Waals surface area contributed by atoms with E-state index in [9.17, 15) is 5.11 Å². The Morgan fingerprint density at radius 1 is 1.32 bits per heavy atom. The first-order valence-electron chi connectivity index (χ1n) is 7.29. The van der Waals surface area contributed by atoms with Crippen molar-refractivity contribution in [1.82, 2.24) is 0 Å². The van der Waals surface area contributed by atoms with Crippen LogP contribution < -0.4 is 4.74 Å². The second-order valence-electron chi connectivity index (χ2n) is 7.09. The average Bonchev–Trinajstić information content (AvgIpc) is 2.72. The van der Waals surface area contributed by atoms with Crippen molar-refractivity contribution in [3.05, 3.63) is 29.3 Å². The van der Waals surface area contributed by atoms with E-state index in [2.05, 4.69) is 33.8 Å². The van der Waals surface area contributed by atoms with Gasteiger partial charge in [-0.05, 0) is 47.4 Å². The largest absolute Gasteiger partial charge is 0.493 e. The van der Waals surface area contributed by atoms with Crippen LogP contribution in [0.25, 0.3) is 0 Å². The number of ether oxygens (including phenoxy) is 1. The molecule has 2 heteroatoms. The normalized spacial score (nSPS) is 17.7. The molecule has 2 nitrogen and oxygen atoms in total. The first kappa shape index (κ1) is 14.4. The highest BCUT2D eigenvalue weighted by Crippen LogP contribution is 2.33. The molecule has 1 aliphatic rings. The number of benzene rings is 1. The SMILES string of the molecule is CC(CC(O)c1ccc2c(c1)CCO2)CC(C)(C)C. The van der Waals surface area contributed by atoms with Gasteiger partial charge in [0.25, 0.3) is 0 Å². The summed E-state index contributed by atoms with van der Waals surface area (Å²) in [6.45, 7) is 9.76. The van der Waals surface area contributed by atoms with Crippen molar-refractivity contribution < 1.29 is 9.84 Å². The molecule has 2 unspecified atom stereocenters. The molecule has 0 radical (unpaired) electrons. The molecule has 0 saturated carbocycles. The summed E-state index contributed by atoms with van der Waals surface area (Å²) < 4.78 is 5.50. The summed E-state index contributed by atoms with van der Waals surface area (Å²) in [5.41, 5.74) is 2.59. The minimum Gasteiger partial charge on any atom is -0.493 e. The molecule has 19 heavy (non-hydrogen) atoms. The van der Waals surface area contributed by atoms with E-state index in [0.29, 0.717) is 11.3 Å². The Kier molecular flexibility index (Phi) is 4.19. The third-order valence-electron chi connectivity index (χ3n) is 3.68. The van der Waals surface area contributed by atoms with Crippen molar-refractivity contribution in [2.24, 2.45) is 11.3 Å². The van der Waals surface area contributed by atoms with Crippen LogP contribution in [0.5, 0.6) is 5.75 Å². The fourth-order valence-electron chi connectivity index (χ4n) is 3.06. The Morgan fingerprint density at radius 2 is 2.05 bits per heavy atom. The van der Waals surface area contributed by atoms with Gasteiger partial charge in [0.15, 0.2) is 0 Å². The van der Waals surface area contributed by atoms with Crippen molar-refractivity contribution in [1.29, 1.82) is 0 Å². The molecule has 2 rings (SSSR count). The second-order valence-corrected chi connectivity index (χ2v) is 7.09. The van der Waals surface area contributed by atoms with Gasteiger partial charge in [-0.1, -0.05) is 33.8 Å². The monoisotopic (exact) mass is 262 g/mol. The van der Waals surface area contributed by atoms with E-state index in [1.54, 1.807) is 0 Å². The molecule has 0 saturated heterocycles. The molecule has 0 aliphatic carbocycles. The van der Waals surface area contributed by atoms with Crippen LogP contribution >= 0.6 is 0 Å². The molecule has 1 N–H and O–H groups in total. The van der Waals surface area contributed by atoms with Gasteiger partial charge in [0.05, 0.1) is 12.7 Å². The van der Waals surface area contributed by atoms with E-state index < -0.39 is 0 Å². The Hall–Kier alpha value is -1.02. The average molecular weight is 262 g/mol. The Labute approximate surface area is 116 Å². The van der Waals surface area contributed by atoms with Crippen molar-refractivity contribution in [2.75, 3.05) is 6.61 Å². The van der Waals surface area contributed by atoms with Crippen LogP contribution in [0.1, 0.15) is 57.8 Å². The van der Waals surface area contributed by atoms with Gasteiger partial charge >= 0.3 is 0 Å². The summed E-state index contributed by atoms with van der Waals surface area (Å²) in [6.07, 6.45) is 2.57. The summed E-state index contributed by atoms with van der Waals surface area (Å²) in [4.78, 5) is 0. The van der Waals surface area contributed by atoms with Crippen LogP contribution in [0.3, 0.4) is 0 Å². The van der Waals surface area contributed by atoms with E-state index in [-0.39, 0.29) is 6.10 Å². The van der Waals surface area contributed by atoms with Crippen molar-refractivity contribution in [3.8, 4) is 5.75 Å². The van der Waals surface area contributed by atoms with Crippen LogP contribution in [0.15, 0.2) is 18.2 Å². The minimum absolute atomic E-state index is 0.324. The summed E-state index contributed by atoms with van der Waals surface area (Å²) >= 11 is 0. The van der Waals surface area contributed by atoms with Crippen molar-refractivity contribution >= 4 is 0 Å². The zero-order valence-corrected chi connectivity index (χ0v) is 12.6. The molecule has 0 spiro atoms. The molecule has 1 heterocycles. The van der Waals surface area contributed by atoms with Gasteiger partial charge in [-0.3, -0.25) is 0 Å². The lowest BCUT2D eigenvalue weighted by atomic mass is 9.82. The number of rotatable bonds is 4. The lowest BCUT2D eigenvalue weighted by Crippen LogP contribution is -2.13. The van der Waals surface area contributed by atoms with Crippen molar-refractivity contribution in [2.45, 2.75) is 53.1 Å². The standard InChI is InChI=1S/C17H26O2/c1-12(11-17(2,3)4)9-15(18)13-5-6-16-14(10-13)7-8-19-16/h5-6,10,12,15,18H,7-9,11H2,1-4H3. The lowest BCUT2D eigenvalue weighted by Gasteiger charge is -2.25. The summed E-state index contributed by atoms with van der Waals surface area (Å²) in [5.74, 6) is 1.51. The molecule has 1 aromatic carbocycles. The van der Waals surface area contributed by atoms with Gasteiger partial charge in [-0.2, -0.15) is 0 Å². The fraction of sp³-hybridized carbons (Fsp3) is 0.647. The van der Waals surface area contributed by atoms with Crippen LogP contribution in [-0.2, 0) is 6.42 Å². The number of hydrogen-bond donors (Lipinski definition) is 1. The number of fused-ring (bicyclic) bond motifs is 1. The highest BCUT2D eigenvalue weighted by atomic mass is 16.5. The van der Waals surface area contributed by atoms with E-state index >= 15 is 0 Å². The van der Waals surface area contributed by atoms with Gasteiger partial charge in [0.1, 0.15) is 5.75 Å². The molecule has 106 valence electrons. The Morgan fingerprint density at radius 3 is 2.74 bits per heavy atom. The van der Waals surface area contributed by atoms with Crippen molar-refractivity contribution in [3.63, 3.8) is 0 Å². The number of hydrogen-bond acceptors (Lipinski definition) is 2. The third-order valence-corrected chi connectivity index (χ3v) is 3.68. The smallest absolute Gasteiger partial charge is 0.122 e. The topological polar surface area (TPSA) is 29.5 Å². The van der Waals surface area contributed by atoms with E-state index in [4.69, 9.17) is 4.74 Å². The van der Waals surface area contributed by atoms with E-state index in [0.717, 1.165) is 37.2 Å². The predicted molar refractivity (Wildman–Crippen MR) is 78.5 cm³/mol. The highest BCUT2D eigenvalue weighted by Gasteiger charge is 2.20. The van der Waals surface area contributed by atoms with Crippen LogP contribution in [0.4, 0.5) is 0 Å². The maximum atomic E-state index is 10.4. The molecule has 0 bridgehead atoms. The molecule has 0 amide bonds. The summed E-state index contributed by atoms with van der Waals surface area (Å²) in [5, 5.41) is 10.4. The zero-order chi connectivity index (χ0) is 14.0. The Bertz CT molecular complexity index is 431.